The van der Waals surface area contributed by atoms with E-state index in [-0.39, 0.29) is 0 Å². The van der Waals surface area contributed by atoms with Gasteiger partial charge in [0.15, 0.2) is 0 Å². The van der Waals surface area contributed by atoms with Crippen LogP contribution in [0.3, 0.4) is 0 Å². The number of amides is 1. The summed E-state index contributed by atoms with van der Waals surface area (Å²) in [5.74, 6) is 2.00. The van der Waals surface area contributed by atoms with Crippen LogP contribution in [0.15, 0.2) is 18.2 Å². The third-order valence-electron chi connectivity index (χ3n) is 6.25. The lowest BCUT2D eigenvalue weighted by molar-refractivity contribution is -0.131. The number of aromatic nitrogens is 2. The molecule has 0 spiro atoms. The highest BCUT2D eigenvalue weighted by Crippen LogP contribution is 2.36. The molecule has 0 saturated heterocycles. The van der Waals surface area contributed by atoms with Gasteiger partial charge in [-0.1, -0.05) is 12.2 Å². The lowest BCUT2D eigenvalue weighted by Crippen LogP contribution is -2.34. The first-order valence-electron chi connectivity index (χ1n) is 10.5. The molecule has 3 rings (SSSR count). The van der Waals surface area contributed by atoms with E-state index in [9.17, 15) is 4.79 Å². The Morgan fingerprint density at radius 1 is 1.19 bits per heavy atom. The van der Waals surface area contributed by atoms with Gasteiger partial charge in [-0.3, -0.25) is 9.48 Å². The number of rotatable bonds is 7. The summed E-state index contributed by atoms with van der Waals surface area (Å²) < 4.78 is 2.03. The molecule has 2 aliphatic carbocycles. The van der Waals surface area contributed by atoms with Gasteiger partial charge in [-0.2, -0.15) is 5.10 Å². The van der Waals surface area contributed by atoms with Gasteiger partial charge in [0.1, 0.15) is 0 Å². The Balaban J connectivity index is 1.45. The second kappa shape index (κ2) is 9.05. The van der Waals surface area contributed by atoms with Gasteiger partial charge < -0.3 is 9.80 Å². The predicted octanol–water partition coefficient (Wildman–Crippen LogP) is 3.57. The zero-order chi connectivity index (χ0) is 19.4. The van der Waals surface area contributed by atoms with Crippen LogP contribution in [0.1, 0.15) is 62.3 Å². The number of nitrogens with zero attached hydrogens (tertiary/aromatic N) is 4. The van der Waals surface area contributed by atoms with Gasteiger partial charge in [-0.05, 0) is 70.5 Å². The summed E-state index contributed by atoms with van der Waals surface area (Å²) in [6, 6.07) is 2.29. The van der Waals surface area contributed by atoms with Crippen LogP contribution in [0.2, 0.25) is 0 Å². The molecule has 1 amide bonds. The van der Waals surface area contributed by atoms with Crippen LogP contribution in [0.4, 0.5) is 0 Å². The molecular weight excluding hydrogens is 336 g/mol. The van der Waals surface area contributed by atoms with Crippen LogP contribution in [0, 0.1) is 11.8 Å². The lowest BCUT2D eigenvalue weighted by atomic mass is 9.80. The van der Waals surface area contributed by atoms with Gasteiger partial charge in [-0.25, -0.2) is 0 Å². The normalized spacial score (nSPS) is 25.3. The summed E-state index contributed by atoms with van der Waals surface area (Å²) in [6.45, 7) is 1.85. The molecule has 1 atom stereocenters. The first kappa shape index (κ1) is 20.1. The summed E-state index contributed by atoms with van der Waals surface area (Å²) in [5, 5.41) is 4.78. The van der Waals surface area contributed by atoms with Crippen LogP contribution in [0.25, 0.3) is 0 Å². The highest BCUT2D eigenvalue weighted by atomic mass is 16.2. The molecule has 2 aliphatic rings. The van der Waals surface area contributed by atoms with E-state index in [0.29, 0.717) is 30.1 Å². The largest absolute Gasteiger partial charge is 0.345 e. The van der Waals surface area contributed by atoms with Gasteiger partial charge in [0.2, 0.25) is 5.91 Å². The molecule has 0 radical (unpaired) electrons. The molecule has 0 N–H and O–H groups in total. The molecule has 0 bridgehead atoms. The van der Waals surface area contributed by atoms with Crippen molar-refractivity contribution in [2.45, 2.75) is 57.4 Å². The molecule has 150 valence electrons. The third-order valence-corrected chi connectivity index (χ3v) is 6.25. The number of carbonyl (C=O) groups excluding carboxylic acids is 1. The van der Waals surface area contributed by atoms with Crippen LogP contribution in [0.5, 0.6) is 0 Å². The molecule has 0 unspecified atom stereocenters. The number of allylic oxidation sites excluding steroid dienone is 2. The van der Waals surface area contributed by atoms with Gasteiger partial charge in [-0.15, -0.1) is 0 Å². The highest BCUT2D eigenvalue weighted by molar-refractivity contribution is 5.76. The van der Waals surface area contributed by atoms with Crippen molar-refractivity contribution in [1.29, 1.82) is 0 Å². The molecule has 1 aromatic heterocycles. The zero-order valence-electron chi connectivity index (χ0n) is 17.5. The minimum Gasteiger partial charge on any atom is -0.345 e. The standard InChI is InChI=1S/C22H36N4O/c1-24(2)16-20-14-21(23-26(20)4)19-11-9-18(10-12-19)15-25(3)22(27)13-17-7-5-6-8-17/h5,7,14,17-19H,6,8-13,15-16H2,1-4H3/t17-,18?,19?/m1/s1. The van der Waals surface area contributed by atoms with E-state index in [1.165, 1.54) is 37.1 Å². The monoisotopic (exact) mass is 372 g/mol. The summed E-state index contributed by atoms with van der Waals surface area (Å²) >= 11 is 0. The smallest absolute Gasteiger partial charge is 0.222 e. The van der Waals surface area contributed by atoms with E-state index >= 15 is 0 Å². The average molecular weight is 373 g/mol. The Kier molecular flexibility index (Phi) is 6.74. The topological polar surface area (TPSA) is 41.4 Å². The molecule has 0 aromatic carbocycles. The van der Waals surface area contributed by atoms with E-state index in [2.05, 4.69) is 37.2 Å². The SMILES string of the molecule is CN(C)Cc1cc(C2CCC(CN(C)C(=O)C[C@@H]3C=CCC3)CC2)nn1C. The Morgan fingerprint density at radius 3 is 2.56 bits per heavy atom. The quantitative estimate of drug-likeness (QED) is 0.687. The summed E-state index contributed by atoms with van der Waals surface area (Å²) in [5.41, 5.74) is 2.54. The molecule has 0 aliphatic heterocycles. The average Bonchev–Trinajstić information content (AvgIpc) is 3.25. The second-order valence-corrected chi connectivity index (χ2v) is 8.88. The van der Waals surface area contributed by atoms with Crippen molar-refractivity contribution in [3.63, 3.8) is 0 Å². The van der Waals surface area contributed by atoms with Crippen LogP contribution in [-0.2, 0) is 18.4 Å². The van der Waals surface area contributed by atoms with Gasteiger partial charge >= 0.3 is 0 Å². The van der Waals surface area contributed by atoms with Crippen molar-refractivity contribution >= 4 is 5.91 Å². The van der Waals surface area contributed by atoms with Crippen molar-refractivity contribution in [3.8, 4) is 0 Å². The first-order chi connectivity index (χ1) is 12.9. The fourth-order valence-corrected chi connectivity index (χ4v) is 4.58. The fourth-order valence-electron chi connectivity index (χ4n) is 4.58. The number of hydrogen-bond donors (Lipinski definition) is 0. The van der Waals surface area contributed by atoms with Crippen molar-refractivity contribution in [1.82, 2.24) is 19.6 Å². The van der Waals surface area contributed by atoms with E-state index in [1.54, 1.807) is 0 Å². The Hall–Kier alpha value is -1.62. The Morgan fingerprint density at radius 2 is 1.93 bits per heavy atom. The molecule has 1 saturated carbocycles. The van der Waals surface area contributed by atoms with Crippen molar-refractivity contribution in [2.75, 3.05) is 27.7 Å². The second-order valence-electron chi connectivity index (χ2n) is 8.88. The third kappa shape index (κ3) is 5.44. The van der Waals surface area contributed by atoms with E-state index in [1.807, 2.05) is 23.7 Å². The van der Waals surface area contributed by atoms with Crippen molar-refractivity contribution < 1.29 is 4.79 Å². The summed E-state index contributed by atoms with van der Waals surface area (Å²) in [4.78, 5) is 16.6. The van der Waals surface area contributed by atoms with E-state index in [4.69, 9.17) is 5.10 Å². The van der Waals surface area contributed by atoms with Crippen molar-refractivity contribution in [2.24, 2.45) is 18.9 Å². The fraction of sp³-hybridized carbons (Fsp3) is 0.727. The first-order valence-corrected chi connectivity index (χ1v) is 10.5. The minimum absolute atomic E-state index is 0.312. The maximum Gasteiger partial charge on any atom is 0.222 e. The van der Waals surface area contributed by atoms with Gasteiger partial charge in [0.25, 0.3) is 0 Å². The predicted molar refractivity (Wildman–Crippen MR) is 109 cm³/mol. The Bertz CT molecular complexity index is 655. The van der Waals surface area contributed by atoms with Crippen molar-refractivity contribution in [3.05, 3.63) is 29.6 Å². The van der Waals surface area contributed by atoms with Crippen LogP contribution in [-0.4, -0.2) is 53.2 Å². The molecular formula is C22H36N4O. The maximum atomic E-state index is 12.5. The van der Waals surface area contributed by atoms with E-state index < -0.39 is 0 Å². The Labute approximate surface area is 164 Å². The molecule has 1 fully saturated rings. The number of carbonyl (C=O) groups is 1. The summed E-state index contributed by atoms with van der Waals surface area (Å²) in [6.07, 6.45) is 12.2. The summed E-state index contributed by atoms with van der Waals surface area (Å²) in [7, 11) is 8.23. The number of aryl methyl sites for hydroxylation is 1. The van der Waals surface area contributed by atoms with E-state index in [0.717, 1.165) is 25.9 Å². The van der Waals surface area contributed by atoms with Crippen LogP contribution >= 0.6 is 0 Å². The molecule has 1 heterocycles. The van der Waals surface area contributed by atoms with Crippen LogP contribution < -0.4 is 0 Å². The lowest BCUT2D eigenvalue weighted by Gasteiger charge is -2.31. The molecule has 5 heteroatoms. The number of hydrogen-bond acceptors (Lipinski definition) is 3. The highest BCUT2D eigenvalue weighted by Gasteiger charge is 2.27. The maximum absolute atomic E-state index is 12.5. The molecule has 27 heavy (non-hydrogen) atoms. The molecule has 5 nitrogen and oxygen atoms in total. The zero-order valence-corrected chi connectivity index (χ0v) is 17.5. The molecule has 1 aromatic rings. The van der Waals surface area contributed by atoms with Gasteiger partial charge in [0, 0.05) is 39.5 Å². The van der Waals surface area contributed by atoms with Gasteiger partial charge in [0.05, 0.1) is 11.4 Å². The minimum atomic E-state index is 0.312.